The highest BCUT2D eigenvalue weighted by Crippen LogP contribution is 2.22. The number of unbranched alkanes of at least 4 members (excludes halogenated alkanes) is 1. The Morgan fingerprint density at radius 2 is 0.972 bits per heavy atom. The van der Waals surface area contributed by atoms with Crippen LogP contribution in [0.25, 0.3) is 0 Å². The lowest BCUT2D eigenvalue weighted by Gasteiger charge is -2.31. The number of primary amides is 1. The van der Waals surface area contributed by atoms with Crippen molar-refractivity contribution in [3.63, 3.8) is 0 Å². The van der Waals surface area contributed by atoms with Gasteiger partial charge in [-0.3, -0.25) is 82.1 Å². The van der Waals surface area contributed by atoms with E-state index in [0.717, 1.165) is 23.9 Å². The van der Waals surface area contributed by atoms with Gasteiger partial charge in [-0.25, -0.2) is 4.39 Å². The van der Waals surface area contributed by atoms with Crippen LogP contribution >= 0.6 is 11.8 Å². The number of aliphatic carboxylic acids is 1. The van der Waals surface area contributed by atoms with E-state index in [-0.39, 0.29) is 146 Å². The van der Waals surface area contributed by atoms with E-state index in [0.29, 0.717) is 17.5 Å². The Hall–Kier alpha value is -10.9. The number of amides is 13. The van der Waals surface area contributed by atoms with E-state index in [1.807, 2.05) is 0 Å². The molecule has 4 rings (SSSR count). The second-order valence-electron chi connectivity index (χ2n) is 25.6. The van der Waals surface area contributed by atoms with Crippen LogP contribution in [0.1, 0.15) is 108 Å². The van der Waals surface area contributed by atoms with Crippen molar-refractivity contribution in [1.82, 2.24) is 63.4 Å². The summed E-state index contributed by atoms with van der Waals surface area (Å²) < 4.78 is 14.2. The van der Waals surface area contributed by atoms with Crippen molar-refractivity contribution < 1.29 is 76.6 Å². The van der Waals surface area contributed by atoms with Crippen molar-refractivity contribution in [3.8, 4) is 0 Å². The molecular weight excluding hydrogens is 1410 g/mol. The van der Waals surface area contributed by atoms with Gasteiger partial charge in [0.25, 0.3) is 0 Å². The first-order valence-corrected chi connectivity index (χ1v) is 35.8. The van der Waals surface area contributed by atoms with E-state index in [1.54, 1.807) is 44.2 Å². The van der Waals surface area contributed by atoms with E-state index in [2.05, 4.69) is 73.5 Å². The number of nitrogens with one attached hydrogen (secondary N) is 11. The van der Waals surface area contributed by atoms with Gasteiger partial charge in [0.1, 0.15) is 66.2 Å². The number of nitrogens with zero attached hydrogens (tertiary/aromatic N) is 4. The molecule has 0 unspecified atom stereocenters. The highest BCUT2D eigenvalue weighted by atomic mass is 32.2. The van der Waals surface area contributed by atoms with Crippen LogP contribution in [0.3, 0.4) is 0 Å². The summed E-state index contributed by atoms with van der Waals surface area (Å²) >= 11 is 0.794. The van der Waals surface area contributed by atoms with E-state index < -0.39 is 174 Å². The monoisotopic (exact) mass is 1510 g/mol. The van der Waals surface area contributed by atoms with Gasteiger partial charge in [-0.15, -0.1) is 11.8 Å². The summed E-state index contributed by atoms with van der Waals surface area (Å²) in [5.41, 5.74) is 45.8. The lowest BCUT2D eigenvalue weighted by atomic mass is 10.00. The molecule has 2 heterocycles. The molecule has 13 amide bonds. The second kappa shape index (κ2) is 46.0. The Morgan fingerprint density at radius 3 is 1.51 bits per heavy atom. The third-order valence-corrected chi connectivity index (χ3v) is 17.5. The molecule has 40 heteroatoms. The molecule has 0 radical (unpaired) electrons. The first-order chi connectivity index (χ1) is 50.3. The molecule has 106 heavy (non-hydrogen) atoms. The number of carbonyl (C=O) groups is 14. The van der Waals surface area contributed by atoms with Crippen LogP contribution in [0.15, 0.2) is 69.6 Å². The Morgan fingerprint density at radius 1 is 0.519 bits per heavy atom. The van der Waals surface area contributed by atoms with Crippen LogP contribution in [0.2, 0.25) is 0 Å². The average molecular weight is 1510 g/mol. The lowest BCUT2D eigenvalue weighted by molar-refractivity contribution is -0.143. The van der Waals surface area contributed by atoms with Crippen molar-refractivity contribution in [2.24, 2.45) is 66.8 Å². The predicted octanol–water partition coefficient (Wildman–Crippen LogP) is -6.76. The zero-order chi connectivity index (χ0) is 78.4. The summed E-state index contributed by atoms with van der Waals surface area (Å²) in [5.74, 6) is -16.5. The smallest absolute Gasteiger partial charge is 0.305 e. The summed E-state index contributed by atoms with van der Waals surface area (Å²) in [7, 11) is 0. The van der Waals surface area contributed by atoms with Gasteiger partial charge in [-0.2, -0.15) is 0 Å². The van der Waals surface area contributed by atoms with E-state index in [1.165, 1.54) is 17.0 Å². The van der Waals surface area contributed by atoms with Crippen molar-refractivity contribution in [2.45, 2.75) is 171 Å². The fourth-order valence-electron chi connectivity index (χ4n) is 11.2. The second-order valence-corrected chi connectivity index (χ2v) is 26.7. The molecule has 2 aliphatic heterocycles. The van der Waals surface area contributed by atoms with Gasteiger partial charge in [-0.05, 0) is 113 Å². The molecule has 2 aliphatic rings. The van der Waals surface area contributed by atoms with Crippen molar-refractivity contribution in [1.29, 1.82) is 0 Å². The summed E-state index contributed by atoms with van der Waals surface area (Å²) in [6, 6.07) is -1.72. The maximum atomic E-state index is 15.1. The summed E-state index contributed by atoms with van der Waals surface area (Å²) in [6.45, 7) is 1.84. The molecule has 10 atom stereocenters. The number of benzene rings is 2. The molecule has 0 spiro atoms. The fourth-order valence-corrected chi connectivity index (χ4v) is 12.0. The van der Waals surface area contributed by atoms with Gasteiger partial charge in [0.05, 0.1) is 25.3 Å². The Balaban J connectivity index is 1.85. The quantitative estimate of drug-likeness (QED) is 0.0250. The molecular formula is C66H102FN23O15S. The van der Waals surface area contributed by atoms with Gasteiger partial charge in [0.2, 0.25) is 76.8 Å². The van der Waals surface area contributed by atoms with Crippen molar-refractivity contribution >= 4 is 112 Å². The fraction of sp³-hybridized carbons (Fsp3) is 0.561. The topological polar surface area (TPSA) is 640 Å². The molecule has 28 N–H and O–H groups in total. The maximum absolute atomic E-state index is 15.1. The number of thioether (sulfide) groups is 1. The van der Waals surface area contributed by atoms with Crippen LogP contribution in [0.4, 0.5) is 4.39 Å². The van der Waals surface area contributed by atoms with Gasteiger partial charge < -0.3 is 114 Å². The zero-order valence-electron chi connectivity index (χ0n) is 59.4. The number of carboxylic acids is 1. The summed E-state index contributed by atoms with van der Waals surface area (Å²) in [4.78, 5) is 209. The Kier molecular flexibility index (Phi) is 38.0. The summed E-state index contributed by atoms with van der Waals surface area (Å²) in [5, 5.41) is 37.9. The number of rotatable bonds is 25. The number of hydrogen-bond donors (Lipinski definition) is 20. The van der Waals surface area contributed by atoms with Crippen LogP contribution in [0, 0.1) is 11.7 Å². The standard InChI is InChI=1S/C66H102FN23O15S/c1-36(2)28-44-58(100)84-42(16-9-25-77-65(72)73)57(99)88-46(29-37-12-4-3-5-13-37)60(102)86-43(17-10-26-78-66(74)75)63(105)90-27-11-18-49(90)62(104)85-41(14-6-7-23-68)56(98)89-47(31-53(94)95)61(103)83-40(15-8-24-76-64(70)71)55(97)80-32-50(91)79-33-51(92)82-48(54(69)96)34-106-35-52(93)81-45(59(101)87-44)30-38-19-21-39(67)22-20-38/h3-5,12-13,19-22,36,40-49H,6-11,14-18,23-35,68H2,1-2H3,(H2,69,96)(H,79,91)(H,80,97)(H,81,93)(H,82,92)(H,83,103)(H,84,100)(H,85,104)(H,86,102)(H,87,101)(H,88,99)(H,89,98)(H,94,95)(H4,70,71,76)(H4,72,73,77)(H4,74,75,78)/t40-,41-,42-,43-,44-,45-,46-,47-,48-,49-/m0/s1. The molecule has 0 aromatic heterocycles. The van der Waals surface area contributed by atoms with Gasteiger partial charge in [0.15, 0.2) is 17.9 Å². The molecule has 2 fully saturated rings. The largest absolute Gasteiger partial charge is 0.481 e. The van der Waals surface area contributed by atoms with E-state index in [9.17, 15) is 67.0 Å². The first kappa shape index (κ1) is 87.5. The van der Waals surface area contributed by atoms with Crippen molar-refractivity contribution in [3.05, 3.63) is 71.5 Å². The number of carbonyl (C=O) groups excluding carboxylic acids is 13. The molecule has 2 aromatic carbocycles. The van der Waals surface area contributed by atoms with Crippen LogP contribution in [-0.4, -0.2) is 228 Å². The SMILES string of the molecule is CC(C)C[C@@H]1NC(=O)[C@H](Cc2ccc(F)cc2)NC(=O)CSC[C@@H](C(N)=O)NC(=O)CNC(=O)CNC(=O)[C@H](CCCN=C(N)N)NC(=O)[C@H](CC(=O)O)NC(=O)[C@H](CCCCN)NC(=O)[C@@H]2CCCN2C(=O)[C@H](CCCN=C(N)N)NC(=O)[C@H](Cc2ccccc2)NC(=O)[C@H](CCCN=C(N)N)NC1=O. The number of guanidine groups is 3. The number of halogens is 1. The molecule has 584 valence electrons. The normalized spacial score (nSPS) is 23.0. The molecule has 2 saturated heterocycles. The number of hydrogen-bond acceptors (Lipinski definition) is 19. The minimum atomic E-state index is -1.93. The molecule has 0 bridgehead atoms. The third kappa shape index (κ3) is 32.8. The number of aliphatic imine (C=N–C) groups is 3. The predicted molar refractivity (Wildman–Crippen MR) is 389 cm³/mol. The van der Waals surface area contributed by atoms with Crippen LogP contribution in [0.5, 0.6) is 0 Å². The number of nitrogens with two attached hydrogens (primary N) is 8. The minimum Gasteiger partial charge on any atom is -0.481 e. The van der Waals surface area contributed by atoms with Gasteiger partial charge in [0, 0.05) is 44.8 Å². The number of fused-ring (bicyclic) bond motifs is 1. The Labute approximate surface area is 616 Å². The Bertz CT molecular complexity index is 3430. The van der Waals surface area contributed by atoms with Gasteiger partial charge >= 0.3 is 5.97 Å². The van der Waals surface area contributed by atoms with E-state index >= 15 is 9.59 Å². The first-order valence-electron chi connectivity index (χ1n) is 34.6. The average Bonchev–Trinajstić information content (AvgIpc) is 1.61. The lowest BCUT2D eigenvalue weighted by Crippen LogP contribution is -2.60. The van der Waals surface area contributed by atoms with Crippen LogP contribution in [-0.2, 0) is 80.0 Å². The zero-order valence-corrected chi connectivity index (χ0v) is 60.2. The minimum absolute atomic E-state index is 0.0105. The highest BCUT2D eigenvalue weighted by molar-refractivity contribution is 8.00. The van der Waals surface area contributed by atoms with E-state index in [4.69, 9.17) is 45.9 Å². The van der Waals surface area contributed by atoms with Crippen molar-refractivity contribution in [2.75, 3.05) is 57.3 Å². The maximum Gasteiger partial charge on any atom is 0.305 e. The number of carboxylic acid groups (broad SMARTS) is 1. The molecule has 2 aromatic rings. The third-order valence-electron chi connectivity index (χ3n) is 16.5. The molecule has 0 aliphatic carbocycles. The molecule has 0 saturated carbocycles. The van der Waals surface area contributed by atoms with Gasteiger partial charge in [-0.1, -0.05) is 56.3 Å². The van der Waals surface area contributed by atoms with Crippen LogP contribution < -0.4 is 104 Å². The highest BCUT2D eigenvalue weighted by Gasteiger charge is 2.41. The molecule has 38 nitrogen and oxygen atoms in total. The summed E-state index contributed by atoms with van der Waals surface area (Å²) in [6.07, 6.45) is -1.32.